The van der Waals surface area contributed by atoms with Gasteiger partial charge in [0.1, 0.15) is 10.8 Å². The second kappa shape index (κ2) is 7.01. The van der Waals surface area contributed by atoms with E-state index in [1.165, 1.54) is 17.4 Å². The molecule has 0 radical (unpaired) electrons. The molecule has 1 aliphatic rings. The van der Waals surface area contributed by atoms with Gasteiger partial charge in [-0.05, 0) is 24.5 Å². The second-order valence-electron chi connectivity index (χ2n) is 5.37. The molecule has 1 aromatic carbocycles. The van der Waals surface area contributed by atoms with Crippen LogP contribution < -0.4 is 5.32 Å². The van der Waals surface area contributed by atoms with Crippen molar-refractivity contribution < 1.29 is 14.3 Å². The minimum Gasteiger partial charge on any atom is -0.394 e. The largest absolute Gasteiger partial charge is 0.394 e. The van der Waals surface area contributed by atoms with Crippen LogP contribution in [0.1, 0.15) is 23.4 Å². The van der Waals surface area contributed by atoms with Crippen LogP contribution in [0.5, 0.6) is 0 Å². The number of anilines is 1. The Morgan fingerprint density at radius 1 is 1.43 bits per heavy atom. The van der Waals surface area contributed by atoms with E-state index in [9.17, 15) is 14.3 Å². The van der Waals surface area contributed by atoms with Gasteiger partial charge in [-0.2, -0.15) is 0 Å². The number of carbonyl (C=O) groups is 1. The number of aliphatic hydroxyl groups excluding tert-OH is 1. The highest BCUT2D eigenvalue weighted by Crippen LogP contribution is 2.22. The number of hydrogen-bond donors (Lipinski definition) is 2. The number of nitrogens with one attached hydrogen (secondary N) is 1. The van der Waals surface area contributed by atoms with Gasteiger partial charge in [0.05, 0.1) is 12.6 Å². The average Bonchev–Trinajstić information content (AvgIpc) is 3.18. The Morgan fingerprint density at radius 3 is 3.04 bits per heavy atom. The Morgan fingerprint density at radius 2 is 2.26 bits per heavy atom. The van der Waals surface area contributed by atoms with Crippen molar-refractivity contribution in [3.05, 3.63) is 40.7 Å². The lowest BCUT2D eigenvalue weighted by Gasteiger charge is -2.22. The normalized spacial score (nSPS) is 17.5. The number of aromatic nitrogens is 2. The SMILES string of the molecule is O=C(Nc1nnc(Cc2ccccc2F)s1)N1CCCC1CO. The predicted molar refractivity (Wildman–Crippen MR) is 84.9 cm³/mol. The lowest BCUT2D eigenvalue weighted by atomic mass is 10.1. The first kappa shape index (κ1) is 15.8. The molecule has 0 saturated carbocycles. The maximum Gasteiger partial charge on any atom is 0.324 e. The van der Waals surface area contributed by atoms with Crippen LogP contribution in [-0.4, -0.2) is 45.4 Å². The fraction of sp³-hybridized carbons (Fsp3) is 0.400. The third-order valence-corrected chi connectivity index (χ3v) is 4.67. The van der Waals surface area contributed by atoms with Crippen LogP contribution in [0.25, 0.3) is 0 Å². The van der Waals surface area contributed by atoms with Gasteiger partial charge in [-0.3, -0.25) is 5.32 Å². The Balaban J connectivity index is 1.63. The second-order valence-corrected chi connectivity index (χ2v) is 6.43. The van der Waals surface area contributed by atoms with Crippen molar-refractivity contribution in [2.45, 2.75) is 25.3 Å². The van der Waals surface area contributed by atoms with E-state index in [2.05, 4.69) is 15.5 Å². The Kier molecular flexibility index (Phi) is 4.82. The first-order chi connectivity index (χ1) is 11.2. The molecular weight excluding hydrogens is 319 g/mol. The number of halogens is 1. The number of benzene rings is 1. The van der Waals surface area contributed by atoms with Gasteiger partial charge in [-0.25, -0.2) is 9.18 Å². The molecule has 0 aliphatic carbocycles. The first-order valence-corrected chi connectivity index (χ1v) is 8.23. The van der Waals surface area contributed by atoms with Crippen molar-refractivity contribution in [3.8, 4) is 0 Å². The fourth-order valence-corrected chi connectivity index (χ4v) is 3.39. The molecule has 1 saturated heterocycles. The monoisotopic (exact) mass is 336 g/mol. The number of amides is 2. The molecule has 3 rings (SSSR count). The molecule has 2 N–H and O–H groups in total. The van der Waals surface area contributed by atoms with E-state index in [-0.39, 0.29) is 24.5 Å². The topological polar surface area (TPSA) is 78.4 Å². The third-order valence-electron chi connectivity index (χ3n) is 3.83. The van der Waals surface area contributed by atoms with Gasteiger partial charge in [0.15, 0.2) is 0 Å². The number of urea groups is 1. The molecule has 23 heavy (non-hydrogen) atoms. The molecule has 6 nitrogen and oxygen atoms in total. The summed E-state index contributed by atoms with van der Waals surface area (Å²) >= 11 is 1.22. The summed E-state index contributed by atoms with van der Waals surface area (Å²) in [6.45, 7) is 0.583. The zero-order valence-electron chi connectivity index (χ0n) is 12.4. The predicted octanol–water partition coefficient (Wildman–Crippen LogP) is 2.26. The van der Waals surface area contributed by atoms with Gasteiger partial charge in [-0.15, -0.1) is 10.2 Å². The standard InChI is InChI=1S/C15H17FN4O2S/c16-12-6-2-1-4-10(12)8-13-18-19-14(23-13)17-15(22)20-7-3-5-11(20)9-21/h1-2,4,6,11,21H,3,5,7-9H2,(H,17,19,22). The summed E-state index contributed by atoms with van der Waals surface area (Å²) in [4.78, 5) is 13.8. The molecule has 2 aromatic rings. The smallest absolute Gasteiger partial charge is 0.324 e. The Labute approximate surface area is 137 Å². The van der Waals surface area contributed by atoms with E-state index in [1.54, 1.807) is 23.1 Å². The van der Waals surface area contributed by atoms with Crippen LogP contribution in [0.4, 0.5) is 14.3 Å². The summed E-state index contributed by atoms with van der Waals surface area (Å²) in [5.41, 5.74) is 0.543. The minimum absolute atomic E-state index is 0.0396. The summed E-state index contributed by atoms with van der Waals surface area (Å²) in [6.07, 6.45) is 2.02. The minimum atomic E-state index is -0.282. The number of likely N-dealkylation sites (tertiary alicyclic amines) is 1. The highest BCUT2D eigenvalue weighted by molar-refractivity contribution is 7.15. The average molecular weight is 336 g/mol. The van der Waals surface area contributed by atoms with E-state index in [1.807, 2.05) is 0 Å². The van der Waals surface area contributed by atoms with E-state index in [4.69, 9.17) is 0 Å². The molecular formula is C15H17FN4O2S. The van der Waals surface area contributed by atoms with Gasteiger partial charge in [0, 0.05) is 13.0 Å². The van der Waals surface area contributed by atoms with E-state index < -0.39 is 0 Å². The van der Waals surface area contributed by atoms with Crippen molar-refractivity contribution in [1.29, 1.82) is 0 Å². The molecule has 8 heteroatoms. The number of aliphatic hydroxyl groups is 1. The van der Waals surface area contributed by atoms with Gasteiger partial charge in [0.25, 0.3) is 0 Å². The van der Waals surface area contributed by atoms with E-state index >= 15 is 0 Å². The molecule has 2 amide bonds. The summed E-state index contributed by atoms with van der Waals surface area (Å²) in [6, 6.07) is 6.09. The highest BCUT2D eigenvalue weighted by Gasteiger charge is 2.28. The van der Waals surface area contributed by atoms with Crippen LogP contribution in [0.15, 0.2) is 24.3 Å². The Bertz CT molecular complexity index is 694. The van der Waals surface area contributed by atoms with Crippen LogP contribution in [0.3, 0.4) is 0 Å². The quantitative estimate of drug-likeness (QED) is 0.898. The summed E-state index contributed by atoms with van der Waals surface area (Å²) in [7, 11) is 0. The molecule has 0 bridgehead atoms. The summed E-state index contributed by atoms with van der Waals surface area (Å²) in [5.74, 6) is -0.281. The Hall–Kier alpha value is -2.06. The van der Waals surface area contributed by atoms with Gasteiger partial charge >= 0.3 is 6.03 Å². The maximum absolute atomic E-state index is 13.6. The van der Waals surface area contributed by atoms with Crippen molar-refractivity contribution in [2.75, 3.05) is 18.5 Å². The summed E-state index contributed by atoms with van der Waals surface area (Å²) in [5, 5.41) is 20.9. The molecule has 1 atom stereocenters. The number of carbonyl (C=O) groups excluding carboxylic acids is 1. The summed E-state index contributed by atoms with van der Waals surface area (Å²) < 4.78 is 13.6. The number of nitrogens with zero attached hydrogens (tertiary/aromatic N) is 3. The van der Waals surface area contributed by atoms with Crippen LogP contribution in [0.2, 0.25) is 0 Å². The van der Waals surface area contributed by atoms with Crippen LogP contribution >= 0.6 is 11.3 Å². The van der Waals surface area contributed by atoms with Gasteiger partial charge in [-0.1, -0.05) is 29.5 Å². The molecule has 1 fully saturated rings. The zero-order valence-corrected chi connectivity index (χ0v) is 13.2. The van der Waals surface area contributed by atoms with Gasteiger partial charge < -0.3 is 10.0 Å². The molecule has 1 unspecified atom stereocenters. The van der Waals surface area contributed by atoms with Gasteiger partial charge in [0.2, 0.25) is 5.13 Å². The van der Waals surface area contributed by atoms with Crippen molar-refractivity contribution in [3.63, 3.8) is 0 Å². The lowest BCUT2D eigenvalue weighted by molar-refractivity contribution is 0.166. The molecule has 1 aromatic heterocycles. The first-order valence-electron chi connectivity index (χ1n) is 7.41. The fourth-order valence-electron chi connectivity index (χ4n) is 2.64. The molecule has 2 heterocycles. The van der Waals surface area contributed by atoms with Crippen molar-refractivity contribution in [1.82, 2.24) is 15.1 Å². The highest BCUT2D eigenvalue weighted by atomic mass is 32.1. The number of rotatable bonds is 4. The van der Waals surface area contributed by atoms with Crippen molar-refractivity contribution >= 4 is 22.5 Å². The third kappa shape index (κ3) is 3.65. The van der Waals surface area contributed by atoms with Crippen molar-refractivity contribution in [2.24, 2.45) is 0 Å². The maximum atomic E-state index is 13.6. The zero-order chi connectivity index (χ0) is 16.2. The van der Waals surface area contributed by atoms with E-state index in [0.29, 0.717) is 28.7 Å². The molecule has 1 aliphatic heterocycles. The number of hydrogen-bond acceptors (Lipinski definition) is 5. The van der Waals surface area contributed by atoms with E-state index in [0.717, 1.165) is 12.8 Å². The van der Waals surface area contributed by atoms with Crippen LogP contribution in [0, 0.1) is 5.82 Å². The lowest BCUT2D eigenvalue weighted by Crippen LogP contribution is -2.40. The van der Waals surface area contributed by atoms with Crippen LogP contribution in [-0.2, 0) is 6.42 Å². The molecule has 122 valence electrons. The molecule has 0 spiro atoms.